The number of hydrogen-bond acceptors (Lipinski definition) is 6. The van der Waals surface area contributed by atoms with E-state index in [1.165, 1.54) is 19.1 Å². The van der Waals surface area contributed by atoms with E-state index in [0.29, 0.717) is 23.4 Å². The Morgan fingerprint density at radius 2 is 1.70 bits per heavy atom. The number of carbonyl (C=O) groups is 3. The molecule has 1 atom stereocenters. The number of halogens is 2. The third kappa shape index (κ3) is 8.04. The average Bonchev–Trinajstić information content (AvgIpc) is 2.99. The fourth-order valence-electron chi connectivity index (χ4n) is 4.40. The zero-order chi connectivity index (χ0) is 30.9. The summed E-state index contributed by atoms with van der Waals surface area (Å²) in [7, 11) is 0. The second-order valence-electron chi connectivity index (χ2n) is 9.76. The Bertz CT molecular complexity index is 1630. The molecule has 0 saturated heterocycles. The minimum atomic E-state index is -0.677. The molecule has 0 heterocycles. The molecule has 1 unspecified atom stereocenters. The van der Waals surface area contributed by atoms with Crippen LogP contribution in [0.25, 0.3) is 0 Å². The van der Waals surface area contributed by atoms with Crippen molar-refractivity contribution in [1.29, 1.82) is 0 Å². The molecule has 0 fully saturated rings. The molecule has 0 radical (unpaired) electrons. The van der Waals surface area contributed by atoms with Gasteiger partial charge < -0.3 is 26.4 Å². The second-order valence-corrected chi connectivity index (χ2v) is 10.2. The molecule has 2 amide bonds. The van der Waals surface area contributed by atoms with Crippen LogP contribution in [0.4, 0.5) is 15.8 Å². The average molecular weight is 603 g/mol. The van der Waals surface area contributed by atoms with Crippen molar-refractivity contribution >= 4 is 40.6 Å². The third-order valence-electron chi connectivity index (χ3n) is 6.63. The van der Waals surface area contributed by atoms with Gasteiger partial charge in [0.1, 0.15) is 11.6 Å². The maximum atomic E-state index is 14.2. The molecule has 4 aromatic rings. The molecule has 222 valence electrons. The van der Waals surface area contributed by atoms with Crippen LogP contribution >= 0.6 is 11.6 Å². The van der Waals surface area contributed by atoms with Crippen LogP contribution in [-0.4, -0.2) is 23.6 Å². The van der Waals surface area contributed by atoms with Crippen molar-refractivity contribution in [2.45, 2.75) is 39.4 Å². The SMILES string of the molecule is CCC(NCc1ccccc1F)C(=O)Nc1ccc(Cl)c(C(=O)c2ccc(NC(C)=O)cc2)c1Oc1cccc(CN)c1. The standard InChI is InChI=1S/C33H32ClFN4O4/c1-3-28(37-19-23-8-4-5-10-27(23)35)33(42)39-29-16-15-26(34)30(32(29)43-25-9-6-7-21(17-25)18-36)31(41)22-11-13-24(14-12-22)38-20(2)40/h4-17,28,37H,3,18-19,36H2,1-2H3,(H,38,40)(H,39,42). The number of amides is 2. The number of hydrogen-bond donors (Lipinski definition) is 4. The number of ether oxygens (including phenoxy) is 1. The van der Waals surface area contributed by atoms with Crippen LogP contribution in [0.15, 0.2) is 84.9 Å². The van der Waals surface area contributed by atoms with Gasteiger partial charge in [0.25, 0.3) is 0 Å². The molecule has 0 aliphatic heterocycles. The first-order valence-corrected chi connectivity index (χ1v) is 14.1. The van der Waals surface area contributed by atoms with Gasteiger partial charge in [-0.1, -0.05) is 48.9 Å². The molecule has 8 nitrogen and oxygen atoms in total. The number of rotatable bonds is 12. The minimum Gasteiger partial charge on any atom is -0.454 e. The van der Waals surface area contributed by atoms with E-state index in [1.807, 2.05) is 13.0 Å². The van der Waals surface area contributed by atoms with E-state index in [2.05, 4.69) is 16.0 Å². The van der Waals surface area contributed by atoms with Gasteiger partial charge >= 0.3 is 0 Å². The van der Waals surface area contributed by atoms with Crippen LogP contribution in [0.1, 0.15) is 47.3 Å². The molecular formula is C33H32ClFN4O4. The van der Waals surface area contributed by atoms with E-state index >= 15 is 0 Å². The summed E-state index contributed by atoms with van der Waals surface area (Å²) in [6.45, 7) is 3.64. The Labute approximate surface area is 254 Å². The van der Waals surface area contributed by atoms with Gasteiger partial charge in [-0.25, -0.2) is 4.39 Å². The monoisotopic (exact) mass is 602 g/mol. The number of nitrogens with two attached hydrogens (primary N) is 1. The van der Waals surface area contributed by atoms with Gasteiger partial charge in [-0.05, 0) is 66.6 Å². The first kappa shape index (κ1) is 31.4. The summed E-state index contributed by atoms with van der Waals surface area (Å²) in [4.78, 5) is 38.7. The summed E-state index contributed by atoms with van der Waals surface area (Å²) in [5.41, 5.74) is 8.12. The summed E-state index contributed by atoms with van der Waals surface area (Å²) in [6.07, 6.45) is 0.412. The highest BCUT2D eigenvalue weighted by atomic mass is 35.5. The van der Waals surface area contributed by atoms with Gasteiger partial charge in [0.15, 0.2) is 11.5 Å². The summed E-state index contributed by atoms with van der Waals surface area (Å²) in [6, 6.07) is 22.1. The Hall–Kier alpha value is -4.57. The third-order valence-corrected chi connectivity index (χ3v) is 6.95. The van der Waals surface area contributed by atoms with Crippen molar-refractivity contribution in [3.05, 3.63) is 118 Å². The molecule has 0 aromatic heterocycles. The molecular weight excluding hydrogens is 571 g/mol. The molecule has 4 rings (SSSR count). The highest BCUT2D eigenvalue weighted by Gasteiger charge is 2.25. The fourth-order valence-corrected chi connectivity index (χ4v) is 4.63. The quantitative estimate of drug-likeness (QED) is 0.139. The van der Waals surface area contributed by atoms with Crippen molar-refractivity contribution in [2.75, 3.05) is 10.6 Å². The first-order chi connectivity index (χ1) is 20.7. The molecule has 5 N–H and O–H groups in total. The zero-order valence-corrected chi connectivity index (χ0v) is 24.5. The molecule has 0 aliphatic carbocycles. The van der Waals surface area contributed by atoms with E-state index in [4.69, 9.17) is 22.1 Å². The predicted molar refractivity (Wildman–Crippen MR) is 166 cm³/mol. The molecule has 0 bridgehead atoms. The largest absolute Gasteiger partial charge is 0.454 e. The van der Waals surface area contributed by atoms with Gasteiger partial charge in [0, 0.05) is 36.8 Å². The lowest BCUT2D eigenvalue weighted by molar-refractivity contribution is -0.118. The van der Waals surface area contributed by atoms with E-state index in [0.717, 1.165) is 5.56 Å². The lowest BCUT2D eigenvalue weighted by atomic mass is 10.0. The van der Waals surface area contributed by atoms with Crippen LogP contribution in [0, 0.1) is 5.82 Å². The van der Waals surface area contributed by atoms with Crippen LogP contribution in [0.3, 0.4) is 0 Å². The lowest BCUT2D eigenvalue weighted by Gasteiger charge is -2.21. The number of anilines is 2. The van der Waals surface area contributed by atoms with Crippen molar-refractivity contribution in [1.82, 2.24) is 5.32 Å². The number of nitrogens with one attached hydrogen (secondary N) is 3. The topological polar surface area (TPSA) is 123 Å². The fraction of sp³-hybridized carbons (Fsp3) is 0.182. The van der Waals surface area contributed by atoms with Crippen molar-refractivity contribution in [3.8, 4) is 11.5 Å². The number of carbonyl (C=O) groups excluding carboxylic acids is 3. The molecule has 43 heavy (non-hydrogen) atoms. The number of benzene rings is 4. The molecule has 0 spiro atoms. The van der Waals surface area contributed by atoms with Crippen LogP contribution in [0.5, 0.6) is 11.5 Å². The van der Waals surface area contributed by atoms with Crippen LogP contribution in [0.2, 0.25) is 5.02 Å². The van der Waals surface area contributed by atoms with Gasteiger partial charge in [-0.15, -0.1) is 0 Å². The van der Waals surface area contributed by atoms with E-state index in [1.54, 1.807) is 66.7 Å². The lowest BCUT2D eigenvalue weighted by Crippen LogP contribution is -2.39. The van der Waals surface area contributed by atoms with Gasteiger partial charge in [-0.3, -0.25) is 14.4 Å². The normalized spacial score (nSPS) is 11.5. The smallest absolute Gasteiger partial charge is 0.241 e. The number of ketones is 1. The highest BCUT2D eigenvalue weighted by molar-refractivity contribution is 6.36. The maximum Gasteiger partial charge on any atom is 0.241 e. The van der Waals surface area contributed by atoms with E-state index in [-0.39, 0.29) is 52.4 Å². The minimum absolute atomic E-state index is 0.0391. The van der Waals surface area contributed by atoms with Crippen LogP contribution < -0.4 is 26.4 Å². The Morgan fingerprint density at radius 3 is 2.37 bits per heavy atom. The highest BCUT2D eigenvalue weighted by Crippen LogP contribution is 2.39. The summed E-state index contributed by atoms with van der Waals surface area (Å²) in [5.74, 6) is -1.03. The molecule has 0 saturated carbocycles. The molecule has 4 aromatic carbocycles. The molecule has 0 aliphatic rings. The van der Waals surface area contributed by atoms with Crippen LogP contribution in [-0.2, 0) is 22.7 Å². The summed E-state index contributed by atoms with van der Waals surface area (Å²) >= 11 is 6.59. The maximum absolute atomic E-state index is 14.2. The zero-order valence-electron chi connectivity index (χ0n) is 23.7. The Morgan fingerprint density at radius 1 is 0.953 bits per heavy atom. The first-order valence-electron chi connectivity index (χ1n) is 13.7. The van der Waals surface area contributed by atoms with Gasteiger partial charge in [-0.2, -0.15) is 0 Å². The summed E-state index contributed by atoms with van der Waals surface area (Å²) < 4.78 is 20.4. The molecule has 10 heteroatoms. The van der Waals surface area contributed by atoms with Crippen molar-refractivity contribution in [3.63, 3.8) is 0 Å². The van der Waals surface area contributed by atoms with Gasteiger partial charge in [0.2, 0.25) is 11.8 Å². The van der Waals surface area contributed by atoms with E-state index in [9.17, 15) is 18.8 Å². The van der Waals surface area contributed by atoms with Crippen molar-refractivity contribution < 1.29 is 23.5 Å². The summed E-state index contributed by atoms with van der Waals surface area (Å²) in [5, 5.41) is 8.73. The Kier molecular flexibility index (Phi) is 10.6. The van der Waals surface area contributed by atoms with Gasteiger partial charge in [0.05, 0.1) is 22.3 Å². The van der Waals surface area contributed by atoms with Crippen molar-refractivity contribution in [2.24, 2.45) is 5.73 Å². The Balaban J connectivity index is 1.69. The second kappa shape index (κ2) is 14.6. The predicted octanol–water partition coefficient (Wildman–Crippen LogP) is 6.43. The van der Waals surface area contributed by atoms with E-state index < -0.39 is 17.7 Å².